The van der Waals surface area contributed by atoms with Crippen LogP contribution < -0.4 is 10.2 Å². The standard InChI is InChI=1S/C6H6N4O2S/c1-3-5(11)10(6(12)8-3)4-2-7-9-13-4/h2-3H,1H3,(H,8,12). The van der Waals surface area contributed by atoms with Crippen molar-refractivity contribution in [2.24, 2.45) is 0 Å². The van der Waals surface area contributed by atoms with Crippen molar-refractivity contribution < 1.29 is 9.59 Å². The lowest BCUT2D eigenvalue weighted by Gasteiger charge is -2.06. The zero-order chi connectivity index (χ0) is 9.42. The maximum absolute atomic E-state index is 11.4. The van der Waals surface area contributed by atoms with Crippen LogP contribution >= 0.6 is 11.5 Å². The Kier molecular flexibility index (Phi) is 1.73. The summed E-state index contributed by atoms with van der Waals surface area (Å²) in [6.07, 6.45) is 1.39. The molecule has 1 unspecified atom stereocenters. The SMILES string of the molecule is CC1NC(=O)N(c2cnns2)C1=O. The van der Waals surface area contributed by atoms with E-state index < -0.39 is 12.1 Å². The number of aromatic nitrogens is 2. The summed E-state index contributed by atoms with van der Waals surface area (Å²) < 4.78 is 3.58. The van der Waals surface area contributed by atoms with E-state index in [1.807, 2.05) is 0 Å². The van der Waals surface area contributed by atoms with E-state index in [0.717, 1.165) is 16.4 Å². The maximum Gasteiger partial charge on any atom is 0.330 e. The van der Waals surface area contributed by atoms with Gasteiger partial charge in [0.25, 0.3) is 5.91 Å². The summed E-state index contributed by atoms with van der Waals surface area (Å²) in [5.41, 5.74) is 0. The number of nitrogens with zero attached hydrogens (tertiary/aromatic N) is 3. The fraction of sp³-hybridized carbons (Fsp3) is 0.333. The Morgan fingerprint density at radius 3 is 2.85 bits per heavy atom. The molecule has 2 rings (SSSR count). The lowest BCUT2D eigenvalue weighted by Crippen LogP contribution is -2.30. The highest BCUT2D eigenvalue weighted by Crippen LogP contribution is 2.21. The molecule has 1 saturated heterocycles. The second-order valence-electron chi connectivity index (χ2n) is 2.60. The minimum absolute atomic E-state index is 0.268. The van der Waals surface area contributed by atoms with E-state index in [9.17, 15) is 9.59 Å². The van der Waals surface area contributed by atoms with E-state index in [1.165, 1.54) is 6.20 Å². The molecule has 1 N–H and O–H groups in total. The summed E-state index contributed by atoms with van der Waals surface area (Å²) >= 11 is 1.01. The highest BCUT2D eigenvalue weighted by atomic mass is 32.1. The van der Waals surface area contributed by atoms with Crippen LogP contribution in [0.5, 0.6) is 0 Å². The zero-order valence-electron chi connectivity index (χ0n) is 6.72. The first-order chi connectivity index (χ1) is 6.20. The first-order valence-electron chi connectivity index (χ1n) is 3.62. The highest BCUT2D eigenvalue weighted by Gasteiger charge is 2.37. The third-order valence-electron chi connectivity index (χ3n) is 1.70. The summed E-state index contributed by atoms with van der Waals surface area (Å²) in [5, 5.41) is 6.50. The molecule has 3 amide bonds. The van der Waals surface area contributed by atoms with E-state index in [0.29, 0.717) is 5.00 Å². The molecule has 6 nitrogen and oxygen atoms in total. The summed E-state index contributed by atoms with van der Waals surface area (Å²) in [5.74, 6) is -0.268. The van der Waals surface area contributed by atoms with Crippen LogP contribution in [-0.2, 0) is 4.79 Å². The second kappa shape index (κ2) is 2.77. The van der Waals surface area contributed by atoms with Gasteiger partial charge in [-0.3, -0.25) is 4.79 Å². The average molecular weight is 198 g/mol. The second-order valence-corrected chi connectivity index (χ2v) is 3.36. The Bertz CT molecular complexity index is 350. The van der Waals surface area contributed by atoms with Crippen LogP contribution in [0.4, 0.5) is 9.80 Å². The number of carbonyl (C=O) groups is 2. The predicted octanol–water partition coefficient (Wildman–Crippen LogP) is -0.0172. The molecule has 0 aliphatic carbocycles. The van der Waals surface area contributed by atoms with Crippen molar-refractivity contribution >= 4 is 28.5 Å². The van der Waals surface area contributed by atoms with Crippen molar-refractivity contribution in [1.82, 2.24) is 14.9 Å². The van der Waals surface area contributed by atoms with Gasteiger partial charge < -0.3 is 5.32 Å². The van der Waals surface area contributed by atoms with E-state index in [-0.39, 0.29) is 5.91 Å². The third kappa shape index (κ3) is 1.17. The third-order valence-corrected chi connectivity index (χ3v) is 2.35. The Morgan fingerprint density at radius 1 is 1.62 bits per heavy atom. The number of anilines is 1. The van der Waals surface area contributed by atoms with Crippen LogP contribution in [0.2, 0.25) is 0 Å². The summed E-state index contributed by atoms with van der Waals surface area (Å²) in [4.78, 5) is 23.7. The molecule has 1 aliphatic rings. The highest BCUT2D eigenvalue weighted by molar-refractivity contribution is 7.10. The van der Waals surface area contributed by atoms with Gasteiger partial charge in [0.15, 0.2) is 0 Å². The van der Waals surface area contributed by atoms with E-state index in [1.54, 1.807) is 6.92 Å². The molecule has 2 heterocycles. The summed E-state index contributed by atoms with van der Waals surface area (Å²) in [6, 6.07) is -0.877. The predicted molar refractivity (Wildman–Crippen MR) is 45.4 cm³/mol. The number of carbonyl (C=O) groups excluding carboxylic acids is 2. The van der Waals surface area contributed by atoms with Gasteiger partial charge in [0, 0.05) is 11.5 Å². The van der Waals surface area contributed by atoms with Crippen molar-refractivity contribution in [3.63, 3.8) is 0 Å². The first kappa shape index (κ1) is 8.11. The molecule has 1 fully saturated rings. The van der Waals surface area contributed by atoms with Gasteiger partial charge in [0.1, 0.15) is 11.0 Å². The average Bonchev–Trinajstić information content (AvgIpc) is 2.63. The number of imide groups is 1. The molecule has 68 valence electrons. The summed E-state index contributed by atoms with van der Waals surface area (Å²) in [6.45, 7) is 1.63. The Morgan fingerprint density at radius 2 is 2.38 bits per heavy atom. The Labute approximate surface area is 77.7 Å². The van der Waals surface area contributed by atoms with Crippen molar-refractivity contribution in [2.45, 2.75) is 13.0 Å². The smallest absolute Gasteiger partial charge is 0.326 e. The lowest BCUT2D eigenvalue weighted by atomic mass is 10.3. The van der Waals surface area contributed by atoms with Crippen LogP contribution in [0.25, 0.3) is 0 Å². The van der Waals surface area contributed by atoms with Gasteiger partial charge in [-0.15, -0.1) is 5.10 Å². The lowest BCUT2D eigenvalue weighted by molar-refractivity contribution is -0.117. The van der Waals surface area contributed by atoms with E-state index in [2.05, 4.69) is 14.9 Å². The van der Waals surface area contributed by atoms with E-state index in [4.69, 9.17) is 0 Å². The first-order valence-corrected chi connectivity index (χ1v) is 4.39. The molecule has 1 aromatic heterocycles. The number of urea groups is 1. The van der Waals surface area contributed by atoms with Crippen molar-refractivity contribution in [3.05, 3.63) is 6.20 Å². The summed E-state index contributed by atoms with van der Waals surface area (Å²) in [7, 11) is 0. The fourth-order valence-electron chi connectivity index (χ4n) is 1.07. The quantitative estimate of drug-likeness (QED) is 0.643. The molecule has 0 aromatic carbocycles. The molecule has 13 heavy (non-hydrogen) atoms. The Balaban J connectivity index is 2.34. The van der Waals surface area contributed by atoms with Gasteiger partial charge in [-0.25, -0.2) is 9.69 Å². The van der Waals surface area contributed by atoms with Crippen molar-refractivity contribution in [2.75, 3.05) is 4.90 Å². The van der Waals surface area contributed by atoms with Crippen molar-refractivity contribution in [3.8, 4) is 0 Å². The van der Waals surface area contributed by atoms with Gasteiger partial charge >= 0.3 is 6.03 Å². The molecule has 1 atom stereocenters. The van der Waals surface area contributed by atoms with Crippen LogP contribution in [0.1, 0.15) is 6.92 Å². The number of hydrogen-bond acceptors (Lipinski definition) is 5. The number of nitrogens with one attached hydrogen (secondary N) is 1. The van der Waals surface area contributed by atoms with Gasteiger partial charge in [-0.05, 0) is 6.92 Å². The van der Waals surface area contributed by atoms with E-state index >= 15 is 0 Å². The maximum atomic E-state index is 11.4. The molecular formula is C6H6N4O2S. The molecule has 1 aliphatic heterocycles. The molecule has 0 spiro atoms. The van der Waals surface area contributed by atoms with Crippen LogP contribution in [-0.4, -0.2) is 27.6 Å². The van der Waals surface area contributed by atoms with Crippen LogP contribution in [0.3, 0.4) is 0 Å². The van der Waals surface area contributed by atoms with Crippen LogP contribution in [0, 0.1) is 0 Å². The molecule has 0 saturated carbocycles. The number of amides is 3. The van der Waals surface area contributed by atoms with Crippen LogP contribution in [0.15, 0.2) is 6.20 Å². The number of rotatable bonds is 1. The number of hydrogen-bond donors (Lipinski definition) is 1. The molecular weight excluding hydrogens is 192 g/mol. The van der Waals surface area contributed by atoms with Gasteiger partial charge in [-0.1, -0.05) is 4.49 Å². The molecule has 0 radical (unpaired) electrons. The van der Waals surface area contributed by atoms with Gasteiger partial charge in [-0.2, -0.15) is 0 Å². The minimum atomic E-state index is -0.463. The normalized spacial score (nSPS) is 22.2. The topological polar surface area (TPSA) is 75.2 Å². The minimum Gasteiger partial charge on any atom is -0.326 e. The van der Waals surface area contributed by atoms with Gasteiger partial charge in [0.2, 0.25) is 0 Å². The monoisotopic (exact) mass is 198 g/mol. The fourth-order valence-corrected chi connectivity index (χ4v) is 1.60. The molecule has 7 heteroatoms. The Hall–Kier alpha value is -1.50. The van der Waals surface area contributed by atoms with Gasteiger partial charge in [0.05, 0.1) is 6.20 Å². The molecule has 1 aromatic rings. The largest absolute Gasteiger partial charge is 0.330 e. The van der Waals surface area contributed by atoms with Crippen molar-refractivity contribution in [1.29, 1.82) is 0 Å². The zero-order valence-corrected chi connectivity index (χ0v) is 7.54. The molecule has 0 bridgehead atoms.